The Morgan fingerprint density at radius 1 is 1.02 bits per heavy atom. The van der Waals surface area contributed by atoms with Crippen molar-refractivity contribution in [2.75, 3.05) is 26.1 Å². The van der Waals surface area contributed by atoms with Crippen LogP contribution in [-0.2, 0) is 41.4 Å². The molecular weight excluding hydrogens is 677 g/mol. The smallest absolute Gasteiger partial charge is 0.465 e. The van der Waals surface area contributed by atoms with Crippen molar-refractivity contribution in [3.63, 3.8) is 0 Å². The zero-order valence-electron chi connectivity index (χ0n) is 23.8. The van der Waals surface area contributed by atoms with Crippen molar-refractivity contribution in [3.8, 4) is 0 Å². The number of anilines is 1. The van der Waals surface area contributed by atoms with Crippen molar-refractivity contribution < 1.29 is 65.5 Å². The number of hydrogen-bond acceptors (Lipinski definition) is 17. The number of phosphoric acid groups is 2. The van der Waals surface area contributed by atoms with Crippen molar-refractivity contribution >= 4 is 49.6 Å². The Balaban J connectivity index is 1.20. The zero-order chi connectivity index (χ0) is 33.2. The SMILES string of the molecule is COC(=O)c1cccc2c1nnn2[C@@H]1O[C@@H]2COP(=O)(O)O[C@H]3[C@@H](F)[C@H](n4cnc5c(N)ncnc54)O[C@@H]3COP(=O)(O)O[C@@H]1[C@@H]2O. The van der Waals surface area contributed by atoms with Crippen molar-refractivity contribution in [2.24, 2.45) is 0 Å². The normalized spacial score (nSPS) is 36.4. The lowest BCUT2D eigenvalue weighted by Crippen LogP contribution is -2.35. The summed E-state index contributed by atoms with van der Waals surface area (Å²) in [5.74, 6) is -0.726. The maximum Gasteiger partial charge on any atom is 0.472 e. The minimum Gasteiger partial charge on any atom is -0.465 e. The third-order valence-corrected chi connectivity index (χ3v) is 9.67. The minimum atomic E-state index is -5.15. The largest absolute Gasteiger partial charge is 0.472 e. The highest BCUT2D eigenvalue weighted by Gasteiger charge is 2.54. The van der Waals surface area contributed by atoms with Crippen LogP contribution < -0.4 is 5.73 Å². The van der Waals surface area contributed by atoms with Crippen LogP contribution in [0.15, 0.2) is 30.9 Å². The molecule has 0 spiro atoms. The molecule has 21 nitrogen and oxygen atoms in total. The average Bonchev–Trinajstić information content (AvgIpc) is 3.80. The van der Waals surface area contributed by atoms with Crippen molar-refractivity contribution in [1.29, 1.82) is 0 Å². The predicted octanol–water partition coefficient (Wildman–Crippen LogP) is 0.152. The number of aliphatic hydroxyl groups excluding tert-OH is 1. The quantitative estimate of drug-likeness (QED) is 0.163. The number of fused-ring (bicyclic) bond motifs is 5. The first-order valence-electron chi connectivity index (χ1n) is 13.7. The number of hydrogen-bond donors (Lipinski definition) is 4. The lowest BCUT2D eigenvalue weighted by molar-refractivity contribution is -0.0706. The van der Waals surface area contributed by atoms with Gasteiger partial charge in [0.1, 0.15) is 47.9 Å². The molecule has 2 bridgehead atoms. The Kier molecular flexibility index (Phi) is 8.09. The molecule has 0 saturated carbocycles. The summed E-state index contributed by atoms with van der Waals surface area (Å²) in [5.41, 5.74) is 6.28. The van der Waals surface area contributed by atoms with Gasteiger partial charge in [-0.05, 0) is 12.1 Å². The number of methoxy groups -OCH3 is 1. The number of rotatable bonds is 3. The van der Waals surface area contributed by atoms with E-state index < -0.39 is 84.0 Å². The molecule has 2 unspecified atom stereocenters. The third kappa shape index (κ3) is 5.70. The number of alkyl halides is 1. The molecule has 1 aromatic carbocycles. The highest BCUT2D eigenvalue weighted by atomic mass is 31.2. The molecule has 24 heteroatoms. The average molecular weight is 702 g/mol. The van der Waals surface area contributed by atoms with E-state index in [2.05, 4.69) is 25.3 Å². The van der Waals surface area contributed by atoms with E-state index in [1.165, 1.54) is 25.3 Å². The fourth-order valence-corrected chi connectivity index (χ4v) is 7.42. The van der Waals surface area contributed by atoms with Gasteiger partial charge >= 0.3 is 21.6 Å². The Morgan fingerprint density at radius 3 is 2.47 bits per heavy atom. The number of nitrogen functional groups attached to an aromatic ring is 1. The Morgan fingerprint density at radius 2 is 1.72 bits per heavy atom. The van der Waals surface area contributed by atoms with Crippen molar-refractivity contribution in [2.45, 2.75) is 49.1 Å². The van der Waals surface area contributed by atoms with E-state index in [1.807, 2.05) is 0 Å². The van der Waals surface area contributed by atoms with Gasteiger partial charge < -0.3 is 34.8 Å². The number of ether oxygens (including phenoxy) is 3. The zero-order valence-corrected chi connectivity index (χ0v) is 25.6. The molecule has 4 aromatic rings. The maximum absolute atomic E-state index is 15.9. The summed E-state index contributed by atoms with van der Waals surface area (Å²) in [6.07, 6.45) is -11.5. The topological polar surface area (TPSA) is 277 Å². The number of aliphatic hydroxyl groups is 1. The number of nitrogens with two attached hydrogens (primary N) is 1. The summed E-state index contributed by atoms with van der Waals surface area (Å²) < 4.78 is 81.4. The third-order valence-electron chi connectivity index (χ3n) is 7.70. The summed E-state index contributed by atoms with van der Waals surface area (Å²) in [5, 5.41) is 19.0. The molecule has 7 rings (SSSR count). The number of esters is 1. The van der Waals surface area contributed by atoms with Crippen LogP contribution in [0, 0.1) is 0 Å². The summed E-state index contributed by atoms with van der Waals surface area (Å²) in [6, 6.07) is 4.41. The second-order valence-corrected chi connectivity index (χ2v) is 13.3. The Hall–Kier alpha value is -3.53. The molecule has 5 N–H and O–H groups in total. The van der Waals surface area contributed by atoms with E-state index >= 15 is 4.39 Å². The van der Waals surface area contributed by atoms with E-state index in [9.17, 15) is 28.8 Å². The van der Waals surface area contributed by atoms with Gasteiger partial charge in [0.15, 0.2) is 30.1 Å². The number of carbonyl (C=O) groups excluding carboxylic acids is 1. The van der Waals surface area contributed by atoms with Crippen molar-refractivity contribution in [1.82, 2.24) is 34.5 Å². The highest BCUT2D eigenvalue weighted by molar-refractivity contribution is 7.47. The van der Waals surface area contributed by atoms with Gasteiger partial charge in [-0.25, -0.2) is 37.9 Å². The molecule has 6 heterocycles. The summed E-state index contributed by atoms with van der Waals surface area (Å²) in [7, 11) is -9.13. The highest BCUT2D eigenvalue weighted by Crippen LogP contribution is 2.54. The van der Waals surface area contributed by atoms with Crippen LogP contribution in [-0.4, -0.2) is 112 Å². The molecule has 3 aromatic heterocycles. The fourth-order valence-electron chi connectivity index (χ4n) is 5.53. The number of carbonyl (C=O) groups is 1. The van der Waals surface area contributed by atoms with E-state index in [0.29, 0.717) is 0 Å². The van der Waals surface area contributed by atoms with Gasteiger partial charge in [-0.1, -0.05) is 11.3 Å². The Bertz CT molecular complexity index is 1950. The first-order chi connectivity index (χ1) is 22.4. The molecule has 252 valence electrons. The van der Waals surface area contributed by atoms with Gasteiger partial charge in [0.05, 0.1) is 37.7 Å². The first-order valence-corrected chi connectivity index (χ1v) is 16.7. The van der Waals surface area contributed by atoms with E-state index in [0.717, 1.165) is 21.9 Å². The molecular formula is C23H25FN8O13P2. The number of phosphoric ester groups is 2. The number of imidazole rings is 1. The van der Waals surface area contributed by atoms with Crippen molar-refractivity contribution in [3.05, 3.63) is 36.4 Å². The monoisotopic (exact) mass is 702 g/mol. The van der Waals surface area contributed by atoms with Gasteiger partial charge in [0, 0.05) is 0 Å². The van der Waals surface area contributed by atoms with Crippen LogP contribution >= 0.6 is 15.6 Å². The van der Waals surface area contributed by atoms with Crippen LogP contribution in [0.25, 0.3) is 22.2 Å². The lowest BCUT2D eigenvalue weighted by Gasteiger charge is -2.25. The molecule has 3 fully saturated rings. The van der Waals surface area contributed by atoms with Gasteiger partial charge in [-0.15, -0.1) is 5.10 Å². The van der Waals surface area contributed by atoms with Gasteiger partial charge in [-0.3, -0.25) is 22.7 Å². The molecule has 3 aliphatic heterocycles. The number of benzene rings is 1. The number of nitrogens with zero attached hydrogens (tertiary/aromatic N) is 7. The van der Waals surface area contributed by atoms with E-state index in [1.54, 1.807) is 0 Å². The maximum atomic E-state index is 15.9. The van der Waals surface area contributed by atoms with Crippen LogP contribution in [0.1, 0.15) is 22.8 Å². The van der Waals surface area contributed by atoms with Gasteiger partial charge in [0.2, 0.25) is 0 Å². The summed E-state index contributed by atoms with van der Waals surface area (Å²) in [4.78, 5) is 45.4. The van der Waals surface area contributed by atoms with E-state index in [4.69, 9.17) is 38.0 Å². The molecule has 0 radical (unpaired) electrons. The first kappa shape index (κ1) is 32.0. The summed E-state index contributed by atoms with van der Waals surface area (Å²) >= 11 is 0. The molecule has 0 aliphatic carbocycles. The number of aromatic nitrogens is 7. The van der Waals surface area contributed by atoms with E-state index in [-0.39, 0.29) is 33.6 Å². The second kappa shape index (κ2) is 11.9. The second-order valence-electron chi connectivity index (χ2n) is 10.5. The molecule has 10 atom stereocenters. The molecule has 3 aliphatic rings. The summed E-state index contributed by atoms with van der Waals surface area (Å²) in [6.45, 7) is -1.76. The molecule has 0 amide bonds. The van der Waals surface area contributed by atoms with Gasteiger partial charge in [-0.2, -0.15) is 0 Å². The van der Waals surface area contributed by atoms with Crippen LogP contribution in [0.4, 0.5) is 10.2 Å². The van der Waals surface area contributed by atoms with Gasteiger partial charge in [0.25, 0.3) is 0 Å². The minimum absolute atomic E-state index is 0.00365. The molecule has 3 saturated heterocycles. The fraction of sp³-hybridized carbons (Fsp3) is 0.478. The lowest BCUT2D eigenvalue weighted by atomic mass is 10.1. The van der Waals surface area contributed by atoms with Crippen LogP contribution in [0.2, 0.25) is 0 Å². The number of halogens is 1. The Labute approximate surface area is 261 Å². The predicted molar refractivity (Wildman–Crippen MR) is 149 cm³/mol. The molecule has 47 heavy (non-hydrogen) atoms. The van der Waals surface area contributed by atoms with Crippen LogP contribution in [0.3, 0.4) is 0 Å². The standard InChI is InChI=1S/C23H25FN8O13P2/c1-39-23(34)9-3-2-4-10-14(9)29-30-32(10)22-18-16(33)11(42-22)5-40-46(35,36)44-17-12(6-41-47(37,38)45-18)43-21(13(17)24)31-8-28-15-19(25)26-7-27-20(15)31/h2-4,7-8,11-13,16-18,21-22,33H,5-6H2,1H3,(H,35,36)(H,37,38)(H2,25,26,27)/t11-,12-,13-,16-,17-,18-,21-,22-/m1/s1. The van der Waals surface area contributed by atoms with Crippen LogP contribution in [0.5, 0.6) is 0 Å².